The van der Waals surface area contributed by atoms with Crippen molar-refractivity contribution >= 4 is 17.5 Å². The molecule has 3 aromatic heterocycles. The van der Waals surface area contributed by atoms with Crippen LogP contribution in [0.15, 0.2) is 31.0 Å². The second-order valence-electron chi connectivity index (χ2n) is 6.05. The molecule has 4 rings (SSSR count). The summed E-state index contributed by atoms with van der Waals surface area (Å²) >= 11 is 0. The fraction of sp³-hybridized carbons (Fsp3) is 0.375. The third-order valence-electron chi connectivity index (χ3n) is 4.31. The zero-order valence-electron chi connectivity index (χ0n) is 13.8. The average Bonchev–Trinajstić information content (AvgIpc) is 3.11. The van der Waals surface area contributed by atoms with Crippen LogP contribution in [0, 0.1) is 6.92 Å². The van der Waals surface area contributed by atoms with E-state index in [2.05, 4.69) is 35.3 Å². The van der Waals surface area contributed by atoms with Gasteiger partial charge in [0, 0.05) is 43.3 Å². The molecule has 1 N–H and O–H groups in total. The number of piperidine rings is 1. The number of aromatic nitrogens is 6. The van der Waals surface area contributed by atoms with Gasteiger partial charge in [0.1, 0.15) is 17.8 Å². The molecule has 0 atom stereocenters. The monoisotopic (exact) mass is 338 g/mol. The molecule has 1 fully saturated rings. The van der Waals surface area contributed by atoms with E-state index in [1.165, 1.54) is 18.7 Å². The second kappa shape index (κ2) is 6.42. The summed E-state index contributed by atoms with van der Waals surface area (Å²) in [6.07, 6.45) is 7.77. The van der Waals surface area contributed by atoms with E-state index in [4.69, 9.17) is 0 Å². The molecule has 1 amide bonds. The van der Waals surface area contributed by atoms with Gasteiger partial charge >= 0.3 is 0 Å². The molecule has 0 saturated carbocycles. The molecule has 4 heterocycles. The van der Waals surface area contributed by atoms with E-state index in [9.17, 15) is 4.79 Å². The van der Waals surface area contributed by atoms with Crippen molar-refractivity contribution in [1.29, 1.82) is 0 Å². The lowest BCUT2D eigenvalue weighted by Crippen LogP contribution is -2.45. The van der Waals surface area contributed by atoms with Crippen LogP contribution in [0.5, 0.6) is 0 Å². The van der Waals surface area contributed by atoms with Gasteiger partial charge < -0.3 is 10.2 Å². The van der Waals surface area contributed by atoms with Crippen molar-refractivity contribution in [2.75, 3.05) is 18.0 Å². The predicted molar refractivity (Wildman–Crippen MR) is 90.3 cm³/mol. The standard InChI is InChI=1S/C16H18N8O/c1-11-8-14(24-16(21-11)19-10-20-24)23-6-2-12(3-7-23)22-15(25)13-9-17-4-5-18-13/h4-5,8-10,12H,2-3,6-7H2,1H3,(H,22,25). The quantitative estimate of drug-likeness (QED) is 0.747. The van der Waals surface area contributed by atoms with Gasteiger partial charge in [0.05, 0.1) is 6.20 Å². The van der Waals surface area contributed by atoms with Gasteiger partial charge in [0.15, 0.2) is 0 Å². The maximum Gasteiger partial charge on any atom is 0.271 e. The molecule has 0 spiro atoms. The Labute approximate surface area is 144 Å². The summed E-state index contributed by atoms with van der Waals surface area (Å²) in [5, 5.41) is 7.29. The Hall–Kier alpha value is -3.10. The van der Waals surface area contributed by atoms with Gasteiger partial charge in [-0.2, -0.15) is 14.6 Å². The van der Waals surface area contributed by atoms with Gasteiger partial charge in [-0.15, -0.1) is 0 Å². The minimum Gasteiger partial charge on any atom is -0.356 e. The van der Waals surface area contributed by atoms with Crippen LogP contribution < -0.4 is 10.2 Å². The number of nitrogens with one attached hydrogen (secondary N) is 1. The molecular weight excluding hydrogens is 320 g/mol. The molecule has 0 radical (unpaired) electrons. The van der Waals surface area contributed by atoms with Gasteiger partial charge in [-0.3, -0.25) is 9.78 Å². The lowest BCUT2D eigenvalue weighted by Gasteiger charge is -2.33. The number of fused-ring (bicyclic) bond motifs is 1. The van der Waals surface area contributed by atoms with E-state index in [0.29, 0.717) is 11.5 Å². The van der Waals surface area contributed by atoms with E-state index in [0.717, 1.165) is 37.4 Å². The number of amides is 1. The maximum atomic E-state index is 12.2. The number of carbonyl (C=O) groups is 1. The zero-order chi connectivity index (χ0) is 17.2. The molecule has 0 aliphatic carbocycles. The molecule has 25 heavy (non-hydrogen) atoms. The first kappa shape index (κ1) is 15.4. The smallest absolute Gasteiger partial charge is 0.271 e. The third kappa shape index (κ3) is 3.12. The van der Waals surface area contributed by atoms with Crippen molar-refractivity contribution < 1.29 is 4.79 Å². The highest BCUT2D eigenvalue weighted by Gasteiger charge is 2.23. The summed E-state index contributed by atoms with van der Waals surface area (Å²) in [7, 11) is 0. The normalized spacial score (nSPS) is 15.5. The summed E-state index contributed by atoms with van der Waals surface area (Å²) in [4.78, 5) is 30.9. The maximum absolute atomic E-state index is 12.2. The molecule has 3 aromatic rings. The highest BCUT2D eigenvalue weighted by Crippen LogP contribution is 2.21. The minimum atomic E-state index is -0.176. The van der Waals surface area contributed by atoms with Crippen LogP contribution >= 0.6 is 0 Å². The Bertz CT molecular complexity index is 886. The molecule has 1 aliphatic rings. The molecule has 0 unspecified atom stereocenters. The van der Waals surface area contributed by atoms with Crippen molar-refractivity contribution in [1.82, 2.24) is 34.9 Å². The molecule has 1 saturated heterocycles. The number of carbonyl (C=O) groups excluding carboxylic acids is 1. The lowest BCUT2D eigenvalue weighted by atomic mass is 10.0. The molecule has 9 heteroatoms. The van der Waals surface area contributed by atoms with Crippen LogP contribution in [0.3, 0.4) is 0 Å². The summed E-state index contributed by atoms with van der Waals surface area (Å²) < 4.78 is 1.76. The van der Waals surface area contributed by atoms with Crippen molar-refractivity contribution in [3.8, 4) is 0 Å². The molecule has 9 nitrogen and oxygen atoms in total. The van der Waals surface area contributed by atoms with Gasteiger partial charge in [-0.1, -0.05) is 0 Å². The number of anilines is 1. The first-order valence-corrected chi connectivity index (χ1v) is 8.20. The number of rotatable bonds is 3. The van der Waals surface area contributed by atoms with E-state index in [1.807, 2.05) is 13.0 Å². The largest absolute Gasteiger partial charge is 0.356 e. The first-order chi connectivity index (χ1) is 12.2. The summed E-state index contributed by atoms with van der Waals surface area (Å²) in [5.41, 5.74) is 1.26. The van der Waals surface area contributed by atoms with E-state index >= 15 is 0 Å². The van der Waals surface area contributed by atoms with Crippen LogP contribution in [-0.2, 0) is 0 Å². The highest BCUT2D eigenvalue weighted by molar-refractivity contribution is 5.92. The van der Waals surface area contributed by atoms with E-state index in [1.54, 1.807) is 10.7 Å². The van der Waals surface area contributed by atoms with Gasteiger partial charge in [-0.05, 0) is 19.8 Å². The van der Waals surface area contributed by atoms with Gasteiger partial charge in [0.25, 0.3) is 11.7 Å². The van der Waals surface area contributed by atoms with Gasteiger partial charge in [0.2, 0.25) is 0 Å². The fourth-order valence-electron chi connectivity index (χ4n) is 3.07. The highest BCUT2D eigenvalue weighted by atomic mass is 16.1. The fourth-order valence-corrected chi connectivity index (χ4v) is 3.07. The SMILES string of the molecule is Cc1cc(N2CCC(NC(=O)c3cnccn3)CC2)n2ncnc2n1. The summed E-state index contributed by atoms with van der Waals surface area (Å²) in [5.74, 6) is 1.41. The average molecular weight is 338 g/mol. The third-order valence-corrected chi connectivity index (χ3v) is 4.31. The first-order valence-electron chi connectivity index (χ1n) is 8.20. The van der Waals surface area contributed by atoms with Crippen molar-refractivity contribution in [3.63, 3.8) is 0 Å². The zero-order valence-corrected chi connectivity index (χ0v) is 13.8. The second-order valence-corrected chi connectivity index (χ2v) is 6.05. The topological polar surface area (TPSA) is 101 Å². The summed E-state index contributed by atoms with van der Waals surface area (Å²) in [6.45, 7) is 3.60. The minimum absolute atomic E-state index is 0.125. The van der Waals surface area contributed by atoms with Crippen molar-refractivity contribution in [2.24, 2.45) is 0 Å². The molecule has 0 bridgehead atoms. The van der Waals surface area contributed by atoms with Crippen LogP contribution in [0.2, 0.25) is 0 Å². The van der Waals surface area contributed by atoms with Crippen LogP contribution in [0.1, 0.15) is 29.0 Å². The number of nitrogens with zero attached hydrogens (tertiary/aromatic N) is 7. The Morgan fingerprint density at radius 1 is 1.24 bits per heavy atom. The summed E-state index contributed by atoms with van der Waals surface area (Å²) in [6, 6.07) is 2.14. The predicted octanol–water partition coefficient (Wildman–Crippen LogP) is 0.622. The molecule has 128 valence electrons. The number of hydrogen-bond acceptors (Lipinski definition) is 7. The van der Waals surface area contributed by atoms with Crippen LogP contribution in [-0.4, -0.2) is 54.6 Å². The number of hydrogen-bond donors (Lipinski definition) is 1. The van der Waals surface area contributed by atoms with E-state index < -0.39 is 0 Å². The number of aryl methyl sites for hydroxylation is 1. The molecule has 1 aliphatic heterocycles. The molecular formula is C16H18N8O. The van der Waals surface area contributed by atoms with Gasteiger partial charge in [-0.25, -0.2) is 9.97 Å². The Morgan fingerprint density at radius 3 is 2.84 bits per heavy atom. The Kier molecular flexibility index (Phi) is 3.96. The van der Waals surface area contributed by atoms with Crippen molar-refractivity contribution in [2.45, 2.75) is 25.8 Å². The Morgan fingerprint density at radius 2 is 2.08 bits per heavy atom. The van der Waals surface area contributed by atoms with Crippen molar-refractivity contribution in [3.05, 3.63) is 42.4 Å². The molecule has 0 aromatic carbocycles. The van der Waals surface area contributed by atoms with E-state index in [-0.39, 0.29) is 11.9 Å². The Balaban J connectivity index is 1.43. The lowest BCUT2D eigenvalue weighted by molar-refractivity contribution is 0.0925. The van der Waals surface area contributed by atoms with Crippen LogP contribution in [0.4, 0.5) is 5.82 Å². The van der Waals surface area contributed by atoms with Crippen LogP contribution in [0.25, 0.3) is 5.78 Å².